The maximum Gasteiger partial charge on any atom is 0.307 e. The van der Waals surface area contributed by atoms with Gasteiger partial charge in [-0.05, 0) is 61.2 Å². The number of carboxylic acids is 1. The summed E-state index contributed by atoms with van der Waals surface area (Å²) in [5.74, 6) is -0.274. The molecule has 1 aromatic carbocycles. The van der Waals surface area contributed by atoms with Crippen LogP contribution in [0.1, 0.15) is 24.0 Å². The third kappa shape index (κ3) is 3.70. The lowest BCUT2D eigenvalue weighted by Gasteiger charge is -2.09. The lowest BCUT2D eigenvalue weighted by atomic mass is 9.99. The Labute approximate surface area is 152 Å². The number of unbranched alkanes of at least 4 members (excludes halogenated alkanes) is 1. The number of aryl methyl sites for hydroxylation is 1. The molecule has 0 fully saturated rings. The van der Waals surface area contributed by atoms with Crippen molar-refractivity contribution in [3.8, 4) is 17.1 Å². The predicted octanol–water partition coefficient (Wildman–Crippen LogP) is 3.15. The average molecular weight is 353 g/mol. The molecule has 26 heavy (non-hydrogen) atoms. The molecule has 136 valence electrons. The molecule has 0 radical (unpaired) electrons. The number of ether oxygens (including phenoxy) is 1. The number of methoxy groups -OCH3 is 1. The molecule has 2 heterocycles. The van der Waals surface area contributed by atoms with E-state index in [1.54, 1.807) is 13.3 Å². The zero-order valence-corrected chi connectivity index (χ0v) is 14.8. The van der Waals surface area contributed by atoms with Crippen molar-refractivity contribution in [1.82, 2.24) is 9.97 Å². The molecule has 0 amide bonds. The van der Waals surface area contributed by atoms with E-state index < -0.39 is 5.97 Å². The quantitative estimate of drug-likeness (QED) is 0.540. The zero-order chi connectivity index (χ0) is 18.5. The van der Waals surface area contributed by atoms with Crippen LogP contribution >= 0.6 is 0 Å². The number of nitrogens with zero attached hydrogens (tertiary/aromatic N) is 1. The molecule has 0 aliphatic carbocycles. The van der Waals surface area contributed by atoms with Crippen molar-refractivity contribution in [2.75, 3.05) is 13.7 Å². The van der Waals surface area contributed by atoms with E-state index in [-0.39, 0.29) is 6.42 Å². The van der Waals surface area contributed by atoms with Gasteiger partial charge in [0.15, 0.2) is 0 Å². The summed E-state index contributed by atoms with van der Waals surface area (Å²) in [7, 11) is 1.60. The molecule has 0 bridgehead atoms. The van der Waals surface area contributed by atoms with E-state index in [4.69, 9.17) is 15.6 Å². The molecule has 6 nitrogen and oxygen atoms in total. The number of nitrogens with two attached hydrogens (primary N) is 1. The number of rotatable bonds is 8. The largest absolute Gasteiger partial charge is 0.481 e. The van der Waals surface area contributed by atoms with Crippen LogP contribution in [0.25, 0.3) is 22.2 Å². The van der Waals surface area contributed by atoms with Gasteiger partial charge in [0.2, 0.25) is 5.88 Å². The first-order valence-electron chi connectivity index (χ1n) is 8.68. The number of carboxylic acid groups (broad SMARTS) is 1. The Kier molecular flexibility index (Phi) is 5.53. The van der Waals surface area contributed by atoms with Gasteiger partial charge in [-0.15, -0.1) is 0 Å². The normalized spacial score (nSPS) is 11.0. The van der Waals surface area contributed by atoms with E-state index in [1.807, 2.05) is 30.3 Å². The van der Waals surface area contributed by atoms with Gasteiger partial charge in [-0.3, -0.25) is 4.79 Å². The highest BCUT2D eigenvalue weighted by Crippen LogP contribution is 2.35. The molecule has 0 unspecified atom stereocenters. The van der Waals surface area contributed by atoms with Gasteiger partial charge in [0, 0.05) is 17.1 Å². The van der Waals surface area contributed by atoms with Gasteiger partial charge in [-0.2, -0.15) is 0 Å². The number of hydrogen-bond acceptors (Lipinski definition) is 4. The highest BCUT2D eigenvalue weighted by molar-refractivity contribution is 5.92. The fraction of sp³-hybridized carbons (Fsp3) is 0.300. The lowest BCUT2D eigenvalue weighted by molar-refractivity contribution is -0.136. The second-order valence-electron chi connectivity index (χ2n) is 6.24. The Bertz CT molecular complexity index is 918. The number of aliphatic carboxylic acids is 1. The van der Waals surface area contributed by atoms with Crippen molar-refractivity contribution < 1.29 is 14.6 Å². The number of aromatic nitrogens is 2. The summed E-state index contributed by atoms with van der Waals surface area (Å²) in [5.41, 5.74) is 10.4. The van der Waals surface area contributed by atoms with Crippen LogP contribution in [0.2, 0.25) is 0 Å². The molecule has 0 spiro atoms. The Morgan fingerprint density at radius 2 is 2.15 bits per heavy atom. The first-order chi connectivity index (χ1) is 12.6. The molecule has 0 saturated heterocycles. The van der Waals surface area contributed by atoms with Crippen LogP contribution in [-0.4, -0.2) is 34.7 Å². The Morgan fingerprint density at radius 1 is 1.31 bits per heavy atom. The summed E-state index contributed by atoms with van der Waals surface area (Å²) in [5, 5.41) is 10.1. The highest BCUT2D eigenvalue weighted by Gasteiger charge is 2.17. The van der Waals surface area contributed by atoms with Crippen LogP contribution in [0.3, 0.4) is 0 Å². The predicted molar refractivity (Wildman–Crippen MR) is 101 cm³/mol. The molecule has 0 aliphatic heterocycles. The van der Waals surface area contributed by atoms with Crippen LogP contribution in [0.4, 0.5) is 0 Å². The van der Waals surface area contributed by atoms with Crippen molar-refractivity contribution in [2.45, 2.75) is 25.7 Å². The minimum absolute atomic E-state index is 0.00884. The summed E-state index contributed by atoms with van der Waals surface area (Å²) in [6.07, 6.45) is 4.45. The smallest absolute Gasteiger partial charge is 0.307 e. The number of benzene rings is 1. The van der Waals surface area contributed by atoms with E-state index >= 15 is 0 Å². The van der Waals surface area contributed by atoms with E-state index in [9.17, 15) is 4.79 Å². The van der Waals surface area contributed by atoms with Gasteiger partial charge in [0.25, 0.3) is 0 Å². The van der Waals surface area contributed by atoms with Gasteiger partial charge in [-0.1, -0.05) is 6.07 Å². The molecule has 4 N–H and O–H groups in total. The fourth-order valence-electron chi connectivity index (χ4n) is 3.26. The van der Waals surface area contributed by atoms with Crippen LogP contribution < -0.4 is 10.5 Å². The van der Waals surface area contributed by atoms with Crippen molar-refractivity contribution in [1.29, 1.82) is 0 Å². The summed E-state index contributed by atoms with van der Waals surface area (Å²) in [4.78, 5) is 18.8. The second-order valence-corrected chi connectivity index (χ2v) is 6.24. The Balaban J connectivity index is 2.14. The number of H-pyrrole nitrogens is 1. The molecule has 3 aromatic rings. The maximum atomic E-state index is 11.1. The molecule has 6 heteroatoms. The highest BCUT2D eigenvalue weighted by atomic mass is 16.5. The third-order valence-electron chi connectivity index (χ3n) is 4.44. The van der Waals surface area contributed by atoms with Crippen molar-refractivity contribution in [3.63, 3.8) is 0 Å². The van der Waals surface area contributed by atoms with Crippen molar-refractivity contribution >= 4 is 16.9 Å². The lowest BCUT2D eigenvalue weighted by Crippen LogP contribution is -2.00. The Hall–Kier alpha value is -2.86. The van der Waals surface area contributed by atoms with E-state index in [1.165, 1.54) is 0 Å². The van der Waals surface area contributed by atoms with Gasteiger partial charge >= 0.3 is 5.97 Å². The SMILES string of the molecule is COc1ncccc1-c1[nH]c2ccc(CC(=O)O)cc2c1CCCCN. The maximum absolute atomic E-state index is 11.1. The molecule has 2 aromatic heterocycles. The molecular weight excluding hydrogens is 330 g/mol. The van der Waals surface area contributed by atoms with Gasteiger partial charge in [0.1, 0.15) is 0 Å². The minimum Gasteiger partial charge on any atom is -0.481 e. The first-order valence-corrected chi connectivity index (χ1v) is 8.68. The van der Waals surface area contributed by atoms with E-state index in [0.717, 1.165) is 52.5 Å². The van der Waals surface area contributed by atoms with E-state index in [0.29, 0.717) is 12.4 Å². The summed E-state index contributed by atoms with van der Waals surface area (Å²) < 4.78 is 5.42. The number of aromatic amines is 1. The molecule has 0 aliphatic rings. The van der Waals surface area contributed by atoms with Gasteiger partial charge in [0.05, 0.1) is 24.8 Å². The third-order valence-corrected chi connectivity index (χ3v) is 4.44. The topological polar surface area (TPSA) is 101 Å². The number of pyridine rings is 1. The molecular formula is C20H23N3O3. The number of carbonyl (C=O) groups is 1. The molecule has 0 saturated carbocycles. The average Bonchev–Trinajstić information content (AvgIpc) is 2.99. The molecule has 3 rings (SSSR count). The number of nitrogens with one attached hydrogen (secondary N) is 1. The number of fused-ring (bicyclic) bond motifs is 1. The number of hydrogen-bond donors (Lipinski definition) is 3. The monoisotopic (exact) mass is 353 g/mol. The van der Waals surface area contributed by atoms with E-state index in [2.05, 4.69) is 9.97 Å². The summed E-state index contributed by atoms with van der Waals surface area (Å²) in [6.45, 7) is 0.651. The van der Waals surface area contributed by atoms with Crippen LogP contribution in [-0.2, 0) is 17.6 Å². The Morgan fingerprint density at radius 3 is 2.88 bits per heavy atom. The standard InChI is InChI=1S/C20H23N3O3/c1-26-20-15(6-4-10-22-20)19-14(5-2-3-9-21)16-11-13(12-18(24)25)7-8-17(16)23-19/h4,6-8,10-11,23H,2-3,5,9,12,21H2,1H3,(H,24,25). The minimum atomic E-state index is -0.835. The second kappa shape index (κ2) is 8.01. The zero-order valence-electron chi connectivity index (χ0n) is 14.8. The first kappa shape index (κ1) is 17.9. The fourth-order valence-corrected chi connectivity index (χ4v) is 3.26. The van der Waals surface area contributed by atoms with Crippen LogP contribution in [0, 0.1) is 0 Å². The van der Waals surface area contributed by atoms with Crippen LogP contribution in [0.5, 0.6) is 5.88 Å². The molecule has 0 atom stereocenters. The summed E-state index contributed by atoms with van der Waals surface area (Å²) in [6, 6.07) is 9.60. The van der Waals surface area contributed by atoms with Crippen molar-refractivity contribution in [2.24, 2.45) is 5.73 Å². The van der Waals surface area contributed by atoms with Crippen molar-refractivity contribution in [3.05, 3.63) is 47.7 Å². The summed E-state index contributed by atoms with van der Waals surface area (Å²) >= 11 is 0. The van der Waals surface area contributed by atoms with Gasteiger partial charge in [-0.25, -0.2) is 4.98 Å². The van der Waals surface area contributed by atoms with Gasteiger partial charge < -0.3 is 20.6 Å². The van der Waals surface area contributed by atoms with Crippen LogP contribution in [0.15, 0.2) is 36.5 Å².